The van der Waals surface area contributed by atoms with E-state index in [0.717, 1.165) is 45.7 Å². The lowest BCUT2D eigenvalue weighted by Gasteiger charge is -2.18. The number of esters is 1. The highest BCUT2D eigenvalue weighted by Gasteiger charge is 2.14. The summed E-state index contributed by atoms with van der Waals surface area (Å²) >= 11 is 0. The predicted octanol–water partition coefficient (Wildman–Crippen LogP) is 7.59. The lowest BCUT2D eigenvalue weighted by molar-refractivity contribution is -0.140. The lowest BCUT2D eigenvalue weighted by atomic mass is 10.00. The van der Waals surface area contributed by atoms with Crippen LogP contribution < -0.4 is 14.2 Å². The second kappa shape index (κ2) is 14.7. The zero-order chi connectivity index (χ0) is 28.2. The Kier molecular flexibility index (Phi) is 10.6. The molecule has 0 bridgehead atoms. The normalized spacial score (nSPS) is 10.7. The van der Waals surface area contributed by atoms with Gasteiger partial charge in [-0.1, -0.05) is 67.6 Å². The van der Waals surface area contributed by atoms with E-state index in [4.69, 9.17) is 18.9 Å². The zero-order valence-corrected chi connectivity index (χ0v) is 23.0. The van der Waals surface area contributed by atoms with Gasteiger partial charge >= 0.3 is 5.97 Å². The molecule has 0 unspecified atom stereocenters. The molecule has 5 nitrogen and oxygen atoms in total. The first kappa shape index (κ1) is 28.7. The highest BCUT2D eigenvalue weighted by molar-refractivity contribution is 5.73. The van der Waals surface area contributed by atoms with Crippen molar-refractivity contribution in [2.24, 2.45) is 0 Å². The topological polar surface area (TPSA) is 54.0 Å². The van der Waals surface area contributed by atoms with E-state index >= 15 is 0 Å². The Bertz CT molecular complexity index is 1370. The number of hydrogen-bond donors (Lipinski definition) is 0. The van der Waals surface area contributed by atoms with E-state index in [-0.39, 0.29) is 11.8 Å². The molecule has 4 rings (SSSR count). The van der Waals surface area contributed by atoms with Gasteiger partial charge in [-0.2, -0.15) is 0 Å². The van der Waals surface area contributed by atoms with Crippen LogP contribution in [0.25, 0.3) is 11.1 Å². The molecule has 40 heavy (non-hydrogen) atoms. The fraction of sp³-hybridized carbons (Fsp3) is 0.265. The van der Waals surface area contributed by atoms with Gasteiger partial charge in [0.1, 0.15) is 29.7 Å². The van der Waals surface area contributed by atoms with Gasteiger partial charge in [-0.25, -0.2) is 4.39 Å². The first-order valence-corrected chi connectivity index (χ1v) is 13.6. The molecule has 4 aromatic carbocycles. The van der Waals surface area contributed by atoms with Crippen molar-refractivity contribution >= 4 is 5.97 Å². The maximum atomic E-state index is 13.6. The van der Waals surface area contributed by atoms with Crippen LogP contribution in [0.4, 0.5) is 4.39 Å². The van der Waals surface area contributed by atoms with Gasteiger partial charge in [0.15, 0.2) is 0 Å². The van der Waals surface area contributed by atoms with Crippen LogP contribution >= 0.6 is 0 Å². The third kappa shape index (κ3) is 8.09. The number of carbonyl (C=O) groups is 1. The fourth-order valence-electron chi connectivity index (χ4n) is 4.34. The summed E-state index contributed by atoms with van der Waals surface area (Å²) in [5, 5.41) is 0. The molecule has 0 heterocycles. The molecule has 0 aliphatic heterocycles. The standard InChI is InChI=1S/C34H35FO5/c1-3-26-22-30(27-14-17-29(35)18-15-27)33(40-24-25-10-5-4-6-11-25)23-32(26)39-21-9-20-38-31-13-8-7-12-28(31)16-19-34(36)37-2/h4-8,10-15,17-18,22-23H,3,9,16,19-21,24H2,1-2H3. The molecule has 4 aromatic rings. The van der Waals surface area contributed by atoms with Crippen LogP contribution in [0.1, 0.15) is 36.5 Å². The monoisotopic (exact) mass is 542 g/mol. The first-order valence-electron chi connectivity index (χ1n) is 13.6. The van der Waals surface area contributed by atoms with E-state index in [0.29, 0.717) is 44.8 Å². The van der Waals surface area contributed by atoms with E-state index in [1.54, 1.807) is 12.1 Å². The van der Waals surface area contributed by atoms with E-state index in [1.165, 1.54) is 19.2 Å². The molecule has 0 spiro atoms. The molecule has 0 amide bonds. The van der Waals surface area contributed by atoms with Crippen LogP contribution in [-0.4, -0.2) is 26.3 Å². The Morgan fingerprint density at radius 1 is 0.750 bits per heavy atom. The van der Waals surface area contributed by atoms with E-state index < -0.39 is 0 Å². The van der Waals surface area contributed by atoms with Crippen molar-refractivity contribution in [1.29, 1.82) is 0 Å². The second-order valence-electron chi connectivity index (χ2n) is 9.33. The number of ether oxygens (including phenoxy) is 4. The summed E-state index contributed by atoms with van der Waals surface area (Å²) in [5.41, 5.74) is 4.84. The minimum Gasteiger partial charge on any atom is -0.493 e. The highest BCUT2D eigenvalue weighted by atomic mass is 19.1. The van der Waals surface area contributed by atoms with E-state index in [1.807, 2.05) is 60.7 Å². The Morgan fingerprint density at radius 3 is 2.17 bits per heavy atom. The molecule has 0 N–H and O–H groups in total. The van der Waals surface area contributed by atoms with Gasteiger partial charge in [0.25, 0.3) is 0 Å². The lowest BCUT2D eigenvalue weighted by Crippen LogP contribution is -2.08. The average Bonchev–Trinajstić information content (AvgIpc) is 3.00. The molecule has 0 fully saturated rings. The minimum atomic E-state index is -0.278. The Hall–Kier alpha value is -4.32. The maximum Gasteiger partial charge on any atom is 0.305 e. The summed E-state index contributed by atoms with van der Waals surface area (Å²) in [5.74, 6) is 1.68. The smallest absolute Gasteiger partial charge is 0.305 e. The minimum absolute atomic E-state index is 0.243. The van der Waals surface area contributed by atoms with Crippen LogP contribution in [0.3, 0.4) is 0 Å². The van der Waals surface area contributed by atoms with Crippen molar-refractivity contribution in [3.05, 3.63) is 114 Å². The molecule has 208 valence electrons. The molecule has 0 radical (unpaired) electrons. The van der Waals surface area contributed by atoms with Gasteiger partial charge in [0.2, 0.25) is 0 Å². The van der Waals surface area contributed by atoms with Crippen molar-refractivity contribution in [2.45, 2.75) is 39.2 Å². The summed E-state index contributed by atoms with van der Waals surface area (Å²) in [7, 11) is 1.39. The Labute approximate surface area is 235 Å². The number of aryl methyl sites for hydroxylation is 2. The number of benzene rings is 4. The van der Waals surface area contributed by atoms with Gasteiger partial charge in [0.05, 0.1) is 20.3 Å². The average molecular weight is 543 g/mol. The van der Waals surface area contributed by atoms with Crippen LogP contribution in [0.15, 0.2) is 91.0 Å². The Balaban J connectivity index is 1.43. The van der Waals surface area contributed by atoms with Gasteiger partial charge in [-0.05, 0) is 59.4 Å². The summed E-state index contributed by atoms with van der Waals surface area (Å²) < 4.78 is 36.9. The van der Waals surface area contributed by atoms with Crippen molar-refractivity contribution in [3.63, 3.8) is 0 Å². The van der Waals surface area contributed by atoms with Crippen molar-refractivity contribution < 1.29 is 28.1 Å². The number of halogens is 1. The van der Waals surface area contributed by atoms with Crippen LogP contribution in [-0.2, 0) is 29.0 Å². The molecule has 0 aromatic heterocycles. The van der Waals surface area contributed by atoms with Gasteiger partial charge in [-0.3, -0.25) is 4.79 Å². The summed E-state index contributed by atoms with van der Waals surface area (Å²) in [6.45, 7) is 3.42. The molecular weight excluding hydrogens is 507 g/mol. The van der Waals surface area contributed by atoms with Crippen molar-refractivity contribution in [3.8, 4) is 28.4 Å². The zero-order valence-electron chi connectivity index (χ0n) is 23.0. The number of carbonyl (C=O) groups excluding carboxylic acids is 1. The van der Waals surface area contributed by atoms with E-state index in [2.05, 4.69) is 13.0 Å². The number of methoxy groups -OCH3 is 1. The summed E-state index contributed by atoms with van der Waals surface area (Å²) in [6, 6.07) is 28.1. The largest absolute Gasteiger partial charge is 0.493 e. The predicted molar refractivity (Wildman–Crippen MR) is 154 cm³/mol. The molecular formula is C34H35FO5. The third-order valence-corrected chi connectivity index (χ3v) is 6.54. The number of rotatable bonds is 14. The summed E-state index contributed by atoms with van der Waals surface area (Å²) in [4.78, 5) is 11.5. The van der Waals surface area contributed by atoms with Gasteiger partial charge < -0.3 is 18.9 Å². The van der Waals surface area contributed by atoms with Crippen molar-refractivity contribution in [1.82, 2.24) is 0 Å². The first-order chi connectivity index (χ1) is 19.6. The van der Waals surface area contributed by atoms with Gasteiger partial charge in [-0.15, -0.1) is 0 Å². The number of hydrogen-bond acceptors (Lipinski definition) is 5. The third-order valence-electron chi connectivity index (χ3n) is 6.54. The molecule has 6 heteroatoms. The maximum absolute atomic E-state index is 13.6. The second-order valence-corrected chi connectivity index (χ2v) is 9.33. The molecule has 0 saturated carbocycles. The molecule has 0 atom stereocenters. The summed E-state index contributed by atoms with van der Waals surface area (Å²) in [6.07, 6.45) is 2.31. The molecule has 0 aliphatic rings. The number of para-hydroxylation sites is 1. The van der Waals surface area contributed by atoms with Crippen LogP contribution in [0, 0.1) is 5.82 Å². The quantitative estimate of drug-likeness (QED) is 0.121. The van der Waals surface area contributed by atoms with Crippen molar-refractivity contribution in [2.75, 3.05) is 20.3 Å². The van der Waals surface area contributed by atoms with Gasteiger partial charge in [0, 0.05) is 24.5 Å². The SMILES string of the molecule is CCc1cc(-c2ccc(F)cc2)c(OCc2ccccc2)cc1OCCCOc1ccccc1CCC(=O)OC. The van der Waals surface area contributed by atoms with Crippen LogP contribution in [0.2, 0.25) is 0 Å². The Morgan fingerprint density at radius 2 is 1.45 bits per heavy atom. The molecule has 0 saturated heterocycles. The highest BCUT2D eigenvalue weighted by Crippen LogP contribution is 2.37. The molecule has 0 aliphatic carbocycles. The fourth-order valence-corrected chi connectivity index (χ4v) is 4.34. The van der Waals surface area contributed by atoms with Crippen LogP contribution in [0.5, 0.6) is 17.2 Å². The van der Waals surface area contributed by atoms with E-state index in [9.17, 15) is 9.18 Å².